The van der Waals surface area contributed by atoms with Crippen molar-refractivity contribution in [3.8, 4) is 5.75 Å². The zero-order chi connectivity index (χ0) is 27.6. The first-order chi connectivity index (χ1) is 19.5. The average Bonchev–Trinajstić information content (AvgIpc) is 3.72. The first-order valence-corrected chi connectivity index (χ1v) is 14.7. The summed E-state index contributed by atoms with van der Waals surface area (Å²) in [5.41, 5.74) is 6.20. The maximum atomic E-state index is 13.3. The Morgan fingerprint density at radius 3 is 2.65 bits per heavy atom. The van der Waals surface area contributed by atoms with Crippen LogP contribution in [0.2, 0.25) is 0 Å². The summed E-state index contributed by atoms with van der Waals surface area (Å²) in [7, 11) is 1.79. The van der Waals surface area contributed by atoms with E-state index >= 15 is 0 Å². The Hall–Kier alpha value is -3.97. The Labute approximate surface area is 239 Å². The first kappa shape index (κ1) is 26.3. The minimum absolute atomic E-state index is 0.110. The summed E-state index contributed by atoms with van der Waals surface area (Å²) in [4.78, 5) is 34.5. The molecule has 1 atom stereocenters. The molecule has 4 aromatic rings. The third kappa shape index (κ3) is 5.65. The molecule has 1 aromatic heterocycles. The Kier molecular flexibility index (Phi) is 7.39. The van der Waals surface area contributed by atoms with Gasteiger partial charge in [0.15, 0.2) is 0 Å². The van der Waals surface area contributed by atoms with Crippen LogP contribution in [-0.2, 0) is 24.4 Å². The van der Waals surface area contributed by atoms with Crippen molar-refractivity contribution in [3.05, 3.63) is 117 Å². The summed E-state index contributed by atoms with van der Waals surface area (Å²) in [6.45, 7) is 3.63. The molecular formula is C33H33N3O3S. The highest BCUT2D eigenvalue weighted by Crippen LogP contribution is 2.41. The lowest BCUT2D eigenvalue weighted by Gasteiger charge is -2.38. The predicted octanol–water partition coefficient (Wildman–Crippen LogP) is 6.19. The number of aromatic nitrogens is 1. The van der Waals surface area contributed by atoms with Crippen molar-refractivity contribution in [2.24, 2.45) is 5.92 Å². The minimum Gasteiger partial charge on any atom is -0.486 e. The van der Waals surface area contributed by atoms with Crippen molar-refractivity contribution in [2.45, 2.75) is 45.4 Å². The summed E-state index contributed by atoms with van der Waals surface area (Å²) in [5.74, 6) is 1.06. The molecule has 204 valence electrons. The quantitative estimate of drug-likeness (QED) is 0.262. The number of amides is 2. The van der Waals surface area contributed by atoms with Crippen molar-refractivity contribution >= 4 is 23.2 Å². The summed E-state index contributed by atoms with van der Waals surface area (Å²) >= 11 is 1.43. The van der Waals surface area contributed by atoms with Gasteiger partial charge in [0.1, 0.15) is 23.1 Å². The van der Waals surface area contributed by atoms with Gasteiger partial charge in [-0.3, -0.25) is 9.59 Å². The third-order valence-electron chi connectivity index (χ3n) is 7.66. The van der Waals surface area contributed by atoms with Crippen molar-refractivity contribution in [1.29, 1.82) is 0 Å². The van der Waals surface area contributed by atoms with E-state index in [2.05, 4.69) is 53.2 Å². The molecule has 0 unspecified atom stereocenters. The summed E-state index contributed by atoms with van der Waals surface area (Å²) in [6, 6.07) is 24.5. The molecule has 0 spiro atoms. The van der Waals surface area contributed by atoms with Crippen LogP contribution in [0.4, 0.5) is 0 Å². The first-order valence-electron chi connectivity index (χ1n) is 13.8. The molecular weight excluding hydrogens is 518 g/mol. The van der Waals surface area contributed by atoms with Gasteiger partial charge >= 0.3 is 0 Å². The van der Waals surface area contributed by atoms with E-state index < -0.39 is 0 Å². The van der Waals surface area contributed by atoms with Gasteiger partial charge in [-0.25, -0.2) is 4.98 Å². The predicted molar refractivity (Wildman–Crippen MR) is 156 cm³/mol. The van der Waals surface area contributed by atoms with Crippen LogP contribution in [0, 0.1) is 12.8 Å². The number of carbonyl (C=O) groups is 2. The highest BCUT2D eigenvalue weighted by atomic mass is 32.1. The van der Waals surface area contributed by atoms with Crippen LogP contribution < -0.4 is 4.74 Å². The van der Waals surface area contributed by atoms with Crippen LogP contribution in [0.5, 0.6) is 5.75 Å². The minimum atomic E-state index is -0.121. The zero-order valence-corrected chi connectivity index (χ0v) is 23.7. The van der Waals surface area contributed by atoms with Crippen LogP contribution in [0.25, 0.3) is 0 Å². The van der Waals surface area contributed by atoms with E-state index in [1.54, 1.807) is 17.3 Å². The molecule has 2 aliphatic rings. The highest BCUT2D eigenvalue weighted by Gasteiger charge is 2.39. The zero-order valence-electron chi connectivity index (χ0n) is 22.9. The number of aryl methyl sites for hydroxylation is 1. The molecule has 3 aromatic carbocycles. The average molecular weight is 552 g/mol. The summed E-state index contributed by atoms with van der Waals surface area (Å²) < 4.78 is 6.19. The molecule has 40 heavy (non-hydrogen) atoms. The van der Waals surface area contributed by atoms with Gasteiger partial charge < -0.3 is 14.5 Å². The van der Waals surface area contributed by atoms with Crippen LogP contribution in [0.1, 0.15) is 62.2 Å². The van der Waals surface area contributed by atoms with E-state index in [4.69, 9.17) is 4.74 Å². The van der Waals surface area contributed by atoms with Gasteiger partial charge in [0.2, 0.25) is 5.91 Å². The Morgan fingerprint density at radius 1 is 1.05 bits per heavy atom. The van der Waals surface area contributed by atoms with Gasteiger partial charge in [-0.2, -0.15) is 0 Å². The fourth-order valence-electron chi connectivity index (χ4n) is 5.43. The maximum absolute atomic E-state index is 13.3. The molecule has 6 nitrogen and oxygen atoms in total. The number of benzene rings is 3. The van der Waals surface area contributed by atoms with E-state index in [1.165, 1.54) is 22.5 Å². The Bertz CT molecular complexity index is 1530. The fourth-order valence-corrected chi connectivity index (χ4v) is 6.11. The van der Waals surface area contributed by atoms with Crippen molar-refractivity contribution in [2.75, 3.05) is 13.6 Å². The molecule has 1 aliphatic carbocycles. The number of hydrogen-bond acceptors (Lipinski definition) is 5. The molecule has 6 rings (SSSR count). The van der Waals surface area contributed by atoms with Crippen LogP contribution >= 0.6 is 11.3 Å². The largest absolute Gasteiger partial charge is 0.486 e. The van der Waals surface area contributed by atoms with Gasteiger partial charge in [0.25, 0.3) is 5.91 Å². The molecule has 0 N–H and O–H groups in total. The number of rotatable bonds is 8. The normalized spacial score (nSPS) is 16.4. The van der Waals surface area contributed by atoms with E-state index in [0.29, 0.717) is 12.2 Å². The standard InChI is InChI=1S/C33H33N3O3S/c1-22-7-6-10-26(17-22)31-28-18-27(14-13-24(28)15-16-36(31)32(37)25-11-12-25)39-20-30-34-29(21-40-30)33(38)35(2)19-23-8-4-3-5-9-23/h3-10,13-14,17-18,21,25,31H,11-12,15-16,19-20H2,1-2H3/t31-/m1/s1. The second-order valence-corrected chi connectivity index (χ2v) is 11.7. The highest BCUT2D eigenvalue weighted by molar-refractivity contribution is 7.09. The van der Waals surface area contributed by atoms with Crippen molar-refractivity contribution < 1.29 is 14.3 Å². The van der Waals surface area contributed by atoms with Gasteiger partial charge in [-0.15, -0.1) is 11.3 Å². The Morgan fingerprint density at radius 2 is 1.88 bits per heavy atom. The summed E-state index contributed by atoms with van der Waals surface area (Å²) in [6.07, 6.45) is 2.82. The molecule has 1 saturated carbocycles. The van der Waals surface area contributed by atoms with Crippen molar-refractivity contribution in [3.63, 3.8) is 0 Å². The second-order valence-electron chi connectivity index (χ2n) is 10.8. The molecule has 0 radical (unpaired) electrons. The number of ether oxygens (including phenoxy) is 1. The smallest absolute Gasteiger partial charge is 0.273 e. The van der Waals surface area contributed by atoms with E-state index in [1.807, 2.05) is 36.4 Å². The van der Waals surface area contributed by atoms with Crippen LogP contribution in [-0.4, -0.2) is 40.2 Å². The Balaban J connectivity index is 1.18. The lowest BCUT2D eigenvalue weighted by molar-refractivity contribution is -0.134. The number of fused-ring (bicyclic) bond motifs is 1. The fraction of sp³-hybridized carbons (Fsp3) is 0.303. The molecule has 2 amide bonds. The van der Waals surface area contributed by atoms with Crippen molar-refractivity contribution in [1.82, 2.24) is 14.8 Å². The maximum Gasteiger partial charge on any atom is 0.273 e. The van der Waals surface area contributed by atoms with Gasteiger partial charge in [0.05, 0.1) is 6.04 Å². The van der Waals surface area contributed by atoms with Crippen LogP contribution in [0.15, 0.2) is 78.2 Å². The number of hydrogen-bond donors (Lipinski definition) is 0. The lowest BCUT2D eigenvalue weighted by atomic mass is 9.87. The van der Waals surface area contributed by atoms with E-state index in [0.717, 1.165) is 53.3 Å². The topological polar surface area (TPSA) is 62.7 Å². The second kappa shape index (κ2) is 11.3. The molecule has 1 aliphatic heterocycles. The van der Waals surface area contributed by atoms with E-state index in [9.17, 15) is 9.59 Å². The van der Waals surface area contributed by atoms with Gasteiger partial charge in [-0.1, -0.05) is 66.2 Å². The third-order valence-corrected chi connectivity index (χ3v) is 8.48. The van der Waals surface area contributed by atoms with Crippen LogP contribution in [0.3, 0.4) is 0 Å². The lowest BCUT2D eigenvalue weighted by Crippen LogP contribution is -2.41. The number of nitrogens with zero attached hydrogens (tertiary/aromatic N) is 3. The molecule has 0 saturated heterocycles. The van der Waals surface area contributed by atoms with E-state index in [-0.39, 0.29) is 30.4 Å². The monoisotopic (exact) mass is 551 g/mol. The molecule has 2 heterocycles. The number of thiazole rings is 1. The molecule has 1 fully saturated rings. The summed E-state index contributed by atoms with van der Waals surface area (Å²) in [5, 5.41) is 2.54. The van der Waals surface area contributed by atoms with Gasteiger partial charge in [-0.05, 0) is 60.6 Å². The SMILES string of the molecule is Cc1cccc([C@@H]2c3cc(OCc4nc(C(=O)N(C)Cc5ccccc5)cs4)ccc3CCN2C(=O)C2CC2)c1. The van der Waals surface area contributed by atoms with Gasteiger partial charge in [0, 0.05) is 31.4 Å². The molecule has 0 bridgehead atoms. The molecule has 7 heteroatoms. The number of carbonyl (C=O) groups excluding carboxylic acids is 2.